The van der Waals surface area contributed by atoms with Crippen LogP contribution in [0.3, 0.4) is 0 Å². The number of carbonyl (C=O) groups is 2. The van der Waals surface area contributed by atoms with Crippen LogP contribution in [0.4, 0.5) is 64.1 Å². The summed E-state index contributed by atoms with van der Waals surface area (Å²) in [6, 6.07) is 5.86. The van der Waals surface area contributed by atoms with Crippen molar-refractivity contribution >= 4 is 39.1 Å². The van der Waals surface area contributed by atoms with Crippen LogP contribution in [0.15, 0.2) is 59.1 Å². The molecule has 0 aliphatic rings. The predicted octanol–water partition coefficient (Wildman–Crippen LogP) is 8.56. The molecule has 1 N–H and O–H groups in total. The zero-order chi connectivity index (χ0) is 32.0. The SMILES string of the molecule is CN(C(=O)c1cccc(F)c1)c1cccc(C(=O)Nc2c(Br)cc(C(F)(C(F)(F)F)C(F)(F)F)cc2C(F)(F)F)c1F. The van der Waals surface area contributed by atoms with Gasteiger partial charge in [-0.05, 0) is 58.4 Å². The third-order valence-electron chi connectivity index (χ3n) is 5.77. The number of nitrogens with one attached hydrogen (secondary N) is 1. The summed E-state index contributed by atoms with van der Waals surface area (Å²) in [5, 5.41) is 1.55. The quantitative estimate of drug-likeness (QED) is 0.275. The van der Waals surface area contributed by atoms with E-state index in [4.69, 9.17) is 0 Å². The third kappa shape index (κ3) is 6.05. The van der Waals surface area contributed by atoms with Crippen molar-refractivity contribution in [2.24, 2.45) is 0 Å². The van der Waals surface area contributed by atoms with Gasteiger partial charge in [-0.2, -0.15) is 39.5 Å². The maximum atomic E-state index is 15.3. The first-order chi connectivity index (χ1) is 19.1. The standard InChI is InChI=1S/C25H13BrF12N2O2/c1-40(21(42)11-4-2-5-13(27)8-11)17-7-3-6-14(18(17)28)20(41)39-19-15(23(30,31)32)9-12(10-16(19)26)22(29,24(33,34)35)25(36,37)38/h2-10H,1H3,(H,39,41). The van der Waals surface area contributed by atoms with Crippen LogP contribution in [0.5, 0.6) is 0 Å². The second-order valence-corrected chi connectivity index (χ2v) is 9.35. The number of nitrogens with zero attached hydrogens (tertiary/aromatic N) is 1. The summed E-state index contributed by atoms with van der Waals surface area (Å²) < 4.78 is 162. The maximum absolute atomic E-state index is 15.3. The Balaban J connectivity index is 2.08. The van der Waals surface area contributed by atoms with Gasteiger partial charge in [-0.15, -0.1) is 0 Å². The molecular formula is C25H13BrF12N2O2. The van der Waals surface area contributed by atoms with Crippen LogP contribution in [0.25, 0.3) is 0 Å². The highest BCUT2D eigenvalue weighted by Gasteiger charge is 2.73. The molecule has 0 unspecified atom stereocenters. The molecule has 0 atom stereocenters. The van der Waals surface area contributed by atoms with Crippen molar-refractivity contribution in [1.82, 2.24) is 0 Å². The van der Waals surface area contributed by atoms with Gasteiger partial charge in [-0.25, -0.2) is 13.2 Å². The zero-order valence-electron chi connectivity index (χ0n) is 20.4. The van der Waals surface area contributed by atoms with Crippen molar-refractivity contribution < 1.29 is 62.3 Å². The van der Waals surface area contributed by atoms with Crippen molar-refractivity contribution in [3.63, 3.8) is 0 Å². The van der Waals surface area contributed by atoms with E-state index in [1.54, 1.807) is 5.32 Å². The van der Waals surface area contributed by atoms with Gasteiger partial charge in [0.05, 0.1) is 22.5 Å². The van der Waals surface area contributed by atoms with Gasteiger partial charge in [0.25, 0.3) is 11.8 Å². The normalized spacial score (nSPS) is 12.7. The van der Waals surface area contributed by atoms with Crippen molar-refractivity contribution in [3.8, 4) is 0 Å². The van der Waals surface area contributed by atoms with Gasteiger partial charge in [-0.1, -0.05) is 12.1 Å². The highest BCUT2D eigenvalue weighted by Crippen LogP contribution is 2.55. The molecule has 17 heteroatoms. The highest BCUT2D eigenvalue weighted by atomic mass is 79.9. The molecule has 0 aliphatic carbocycles. The monoisotopic (exact) mass is 680 g/mol. The van der Waals surface area contributed by atoms with Gasteiger partial charge in [0.2, 0.25) is 0 Å². The topological polar surface area (TPSA) is 49.4 Å². The fourth-order valence-electron chi connectivity index (χ4n) is 3.70. The van der Waals surface area contributed by atoms with Gasteiger partial charge < -0.3 is 10.2 Å². The van der Waals surface area contributed by atoms with Gasteiger partial charge in [-0.3, -0.25) is 9.59 Å². The van der Waals surface area contributed by atoms with Crippen LogP contribution < -0.4 is 10.2 Å². The number of anilines is 2. The van der Waals surface area contributed by atoms with Crippen LogP contribution in [-0.4, -0.2) is 31.2 Å². The molecule has 3 rings (SSSR count). The molecule has 42 heavy (non-hydrogen) atoms. The second-order valence-electron chi connectivity index (χ2n) is 8.50. The number of rotatable bonds is 5. The van der Waals surface area contributed by atoms with Crippen molar-refractivity contribution in [3.05, 3.63) is 93.0 Å². The Labute approximate surface area is 236 Å². The fraction of sp³-hybridized carbons (Fsp3) is 0.200. The van der Waals surface area contributed by atoms with E-state index in [0.717, 1.165) is 37.4 Å². The molecule has 0 radical (unpaired) electrons. The molecule has 3 aromatic rings. The highest BCUT2D eigenvalue weighted by molar-refractivity contribution is 9.10. The lowest BCUT2D eigenvalue weighted by Crippen LogP contribution is -2.50. The van der Waals surface area contributed by atoms with E-state index in [1.807, 2.05) is 0 Å². The van der Waals surface area contributed by atoms with E-state index in [1.165, 1.54) is 12.1 Å². The predicted molar refractivity (Wildman–Crippen MR) is 128 cm³/mol. The van der Waals surface area contributed by atoms with Crippen LogP contribution in [0, 0.1) is 11.6 Å². The molecule has 0 spiro atoms. The molecular weight excluding hydrogens is 668 g/mol. The van der Waals surface area contributed by atoms with Gasteiger partial charge in [0.1, 0.15) is 5.82 Å². The van der Waals surface area contributed by atoms with E-state index in [9.17, 15) is 57.9 Å². The lowest BCUT2D eigenvalue weighted by atomic mass is 9.92. The average Bonchev–Trinajstić information content (AvgIpc) is 2.86. The van der Waals surface area contributed by atoms with Crippen LogP contribution in [0.2, 0.25) is 0 Å². The molecule has 4 nitrogen and oxygen atoms in total. The molecule has 0 heterocycles. The Morgan fingerprint density at radius 2 is 1.38 bits per heavy atom. The summed E-state index contributed by atoms with van der Waals surface area (Å²) in [6.45, 7) is 0. The number of amides is 2. The first-order valence-corrected chi connectivity index (χ1v) is 11.8. The summed E-state index contributed by atoms with van der Waals surface area (Å²) >= 11 is 2.33. The Bertz CT molecular complexity index is 1520. The summed E-state index contributed by atoms with van der Waals surface area (Å²) in [4.78, 5) is 26.1. The summed E-state index contributed by atoms with van der Waals surface area (Å²) in [7, 11) is 1.02. The Kier molecular flexibility index (Phi) is 8.69. The summed E-state index contributed by atoms with van der Waals surface area (Å²) in [5.41, 5.74) is -14.4. The minimum atomic E-state index is -6.74. The second kappa shape index (κ2) is 11.1. The van der Waals surface area contributed by atoms with E-state index in [-0.39, 0.29) is 11.6 Å². The third-order valence-corrected chi connectivity index (χ3v) is 6.40. The maximum Gasteiger partial charge on any atom is 0.435 e. The van der Waals surface area contributed by atoms with Crippen molar-refractivity contribution in [2.45, 2.75) is 24.2 Å². The number of carbonyl (C=O) groups excluding carboxylic acids is 2. The van der Waals surface area contributed by atoms with E-state index >= 15 is 4.39 Å². The average molecular weight is 681 g/mol. The Hall–Kier alpha value is -3.76. The lowest BCUT2D eigenvalue weighted by Gasteiger charge is -2.31. The van der Waals surface area contributed by atoms with Crippen LogP contribution >= 0.6 is 15.9 Å². The molecule has 3 aromatic carbocycles. The largest absolute Gasteiger partial charge is 0.435 e. The van der Waals surface area contributed by atoms with Gasteiger partial charge >= 0.3 is 24.2 Å². The summed E-state index contributed by atoms with van der Waals surface area (Å²) in [6.07, 6.45) is -19.2. The number of hydrogen-bond donors (Lipinski definition) is 1. The van der Waals surface area contributed by atoms with E-state index in [0.29, 0.717) is 4.90 Å². The molecule has 0 aliphatic heterocycles. The van der Waals surface area contributed by atoms with E-state index < -0.39 is 86.3 Å². The minimum absolute atomic E-state index is 0.243. The minimum Gasteiger partial charge on any atom is -0.320 e. The van der Waals surface area contributed by atoms with E-state index in [2.05, 4.69) is 15.9 Å². The van der Waals surface area contributed by atoms with Gasteiger partial charge in [0.15, 0.2) is 5.82 Å². The Morgan fingerprint density at radius 1 is 0.810 bits per heavy atom. The fourth-order valence-corrected chi connectivity index (χ4v) is 4.26. The smallest absolute Gasteiger partial charge is 0.320 e. The Morgan fingerprint density at radius 3 is 1.90 bits per heavy atom. The molecule has 0 saturated heterocycles. The van der Waals surface area contributed by atoms with Crippen molar-refractivity contribution in [2.75, 3.05) is 17.3 Å². The van der Waals surface area contributed by atoms with Gasteiger partial charge in [0, 0.05) is 22.6 Å². The first kappa shape index (κ1) is 32.8. The number of benzene rings is 3. The van der Waals surface area contributed by atoms with Crippen LogP contribution in [-0.2, 0) is 11.8 Å². The molecule has 2 amide bonds. The molecule has 0 fully saturated rings. The number of alkyl halides is 10. The molecule has 0 aromatic heterocycles. The lowest BCUT2D eigenvalue weighted by molar-refractivity contribution is -0.348. The number of hydrogen-bond acceptors (Lipinski definition) is 2. The molecule has 226 valence electrons. The molecule has 0 saturated carbocycles. The molecule has 0 bridgehead atoms. The first-order valence-electron chi connectivity index (χ1n) is 11.0. The van der Waals surface area contributed by atoms with Crippen molar-refractivity contribution in [1.29, 1.82) is 0 Å². The zero-order valence-corrected chi connectivity index (χ0v) is 22.0. The van der Waals surface area contributed by atoms with Crippen LogP contribution in [0.1, 0.15) is 31.8 Å². The summed E-state index contributed by atoms with van der Waals surface area (Å²) in [5.74, 6) is -4.94. The number of halogens is 13.